The predicted molar refractivity (Wildman–Crippen MR) is 61.4 cm³/mol. The number of hydrogen-bond acceptors (Lipinski definition) is 2. The van der Waals surface area contributed by atoms with Gasteiger partial charge in [-0.2, -0.15) is 0 Å². The Balaban J connectivity index is 1.95. The molecule has 3 nitrogen and oxygen atoms in total. The van der Waals surface area contributed by atoms with Crippen LogP contribution in [0.3, 0.4) is 0 Å². The van der Waals surface area contributed by atoms with Gasteiger partial charge in [0.2, 0.25) is 0 Å². The fourth-order valence-corrected chi connectivity index (χ4v) is 3.27. The number of hydrogen-bond donors (Lipinski definition) is 1. The van der Waals surface area contributed by atoms with Crippen molar-refractivity contribution in [3.63, 3.8) is 0 Å². The van der Waals surface area contributed by atoms with Crippen LogP contribution in [0.15, 0.2) is 0 Å². The molecule has 1 N–H and O–H groups in total. The third-order valence-corrected chi connectivity index (χ3v) is 4.07. The second-order valence-electron chi connectivity index (χ2n) is 5.40. The lowest BCUT2D eigenvalue weighted by Crippen LogP contribution is -2.40. The maximum absolute atomic E-state index is 10.8. The molecule has 92 valence electrons. The standard InChI is InChI=1S/C13H22O3/c14-12(15)9-11-5-8-16-13(10-11)6-3-1-2-4-7-13/h11H,1-10H2,(H,14,15). The number of carbonyl (C=O) groups is 1. The molecule has 2 fully saturated rings. The largest absolute Gasteiger partial charge is 0.481 e. The van der Waals surface area contributed by atoms with Gasteiger partial charge in [0.25, 0.3) is 0 Å². The molecule has 0 aromatic rings. The van der Waals surface area contributed by atoms with E-state index in [0.29, 0.717) is 12.3 Å². The topological polar surface area (TPSA) is 46.5 Å². The van der Waals surface area contributed by atoms with Gasteiger partial charge in [0, 0.05) is 13.0 Å². The van der Waals surface area contributed by atoms with Gasteiger partial charge in [0.05, 0.1) is 5.60 Å². The summed E-state index contributed by atoms with van der Waals surface area (Å²) in [6.45, 7) is 0.762. The second kappa shape index (κ2) is 5.17. The Morgan fingerprint density at radius 3 is 2.56 bits per heavy atom. The van der Waals surface area contributed by atoms with Gasteiger partial charge in [0.15, 0.2) is 0 Å². The zero-order chi connectivity index (χ0) is 11.4. The summed E-state index contributed by atoms with van der Waals surface area (Å²) in [5.41, 5.74) is 0.0366. The summed E-state index contributed by atoms with van der Waals surface area (Å²) in [6, 6.07) is 0. The molecule has 0 amide bonds. The normalized spacial score (nSPS) is 29.9. The van der Waals surface area contributed by atoms with Gasteiger partial charge in [0.1, 0.15) is 0 Å². The highest BCUT2D eigenvalue weighted by Crippen LogP contribution is 2.40. The minimum Gasteiger partial charge on any atom is -0.481 e. The maximum atomic E-state index is 10.8. The van der Waals surface area contributed by atoms with Crippen molar-refractivity contribution in [1.82, 2.24) is 0 Å². The number of rotatable bonds is 2. The molecule has 1 spiro atoms. The van der Waals surface area contributed by atoms with Gasteiger partial charge in [-0.3, -0.25) is 4.79 Å². The minimum absolute atomic E-state index is 0.0366. The molecule has 1 saturated carbocycles. The van der Waals surface area contributed by atoms with Crippen LogP contribution in [0.25, 0.3) is 0 Å². The minimum atomic E-state index is -0.657. The third kappa shape index (κ3) is 2.97. The fraction of sp³-hybridized carbons (Fsp3) is 0.923. The molecule has 3 heteroatoms. The second-order valence-corrected chi connectivity index (χ2v) is 5.40. The Hall–Kier alpha value is -0.570. The molecule has 0 aromatic heterocycles. The smallest absolute Gasteiger partial charge is 0.303 e. The van der Waals surface area contributed by atoms with Crippen molar-refractivity contribution in [3.05, 3.63) is 0 Å². The van der Waals surface area contributed by atoms with Crippen LogP contribution < -0.4 is 0 Å². The monoisotopic (exact) mass is 226 g/mol. The van der Waals surface area contributed by atoms with E-state index in [9.17, 15) is 4.79 Å². The molecule has 0 bridgehead atoms. The Kier molecular flexibility index (Phi) is 3.85. The quantitative estimate of drug-likeness (QED) is 0.787. The SMILES string of the molecule is O=C(O)CC1CCOC2(CCCCCC2)C1. The molecular weight excluding hydrogens is 204 g/mol. The Labute approximate surface area is 97.2 Å². The first kappa shape index (κ1) is 11.9. The third-order valence-electron chi connectivity index (χ3n) is 4.07. The molecule has 1 atom stereocenters. The van der Waals surface area contributed by atoms with Gasteiger partial charge >= 0.3 is 5.97 Å². The molecule has 0 radical (unpaired) electrons. The number of aliphatic carboxylic acids is 1. The van der Waals surface area contributed by atoms with Crippen LogP contribution in [0, 0.1) is 5.92 Å². The lowest BCUT2D eigenvalue weighted by atomic mass is 9.79. The first-order valence-corrected chi connectivity index (χ1v) is 6.56. The number of carboxylic acids is 1. The zero-order valence-electron chi connectivity index (χ0n) is 9.91. The average Bonchev–Trinajstić information content (AvgIpc) is 2.43. The first-order valence-electron chi connectivity index (χ1n) is 6.56. The molecule has 1 saturated heterocycles. The van der Waals surface area contributed by atoms with Crippen LogP contribution in [0.2, 0.25) is 0 Å². The molecule has 1 heterocycles. The zero-order valence-corrected chi connectivity index (χ0v) is 9.91. The van der Waals surface area contributed by atoms with Gasteiger partial charge in [-0.15, -0.1) is 0 Å². The van der Waals surface area contributed by atoms with E-state index in [4.69, 9.17) is 9.84 Å². The summed E-state index contributed by atoms with van der Waals surface area (Å²) >= 11 is 0. The predicted octanol–water partition coefficient (Wildman–Crippen LogP) is 2.98. The summed E-state index contributed by atoms with van der Waals surface area (Å²) < 4.78 is 6.01. The van der Waals surface area contributed by atoms with Crippen molar-refractivity contribution in [2.75, 3.05) is 6.61 Å². The van der Waals surface area contributed by atoms with E-state index in [1.54, 1.807) is 0 Å². The van der Waals surface area contributed by atoms with Crippen LogP contribution in [0.1, 0.15) is 57.8 Å². The average molecular weight is 226 g/mol. The van der Waals surface area contributed by atoms with Crippen LogP contribution in [0.5, 0.6) is 0 Å². The van der Waals surface area contributed by atoms with Gasteiger partial charge < -0.3 is 9.84 Å². The maximum Gasteiger partial charge on any atom is 0.303 e. The highest BCUT2D eigenvalue weighted by Gasteiger charge is 2.38. The Morgan fingerprint density at radius 1 is 1.25 bits per heavy atom. The van der Waals surface area contributed by atoms with E-state index in [2.05, 4.69) is 0 Å². The summed E-state index contributed by atoms with van der Waals surface area (Å²) in [6.07, 6.45) is 9.63. The van der Waals surface area contributed by atoms with E-state index >= 15 is 0 Å². The number of ether oxygens (including phenoxy) is 1. The Morgan fingerprint density at radius 2 is 1.94 bits per heavy atom. The van der Waals surface area contributed by atoms with Crippen LogP contribution in [0.4, 0.5) is 0 Å². The summed E-state index contributed by atoms with van der Waals surface area (Å²) in [7, 11) is 0. The summed E-state index contributed by atoms with van der Waals surface area (Å²) in [5.74, 6) is -0.319. The van der Waals surface area contributed by atoms with Crippen LogP contribution in [-0.4, -0.2) is 23.3 Å². The summed E-state index contributed by atoms with van der Waals surface area (Å²) in [5, 5.41) is 8.87. The van der Waals surface area contributed by atoms with Crippen LogP contribution in [-0.2, 0) is 9.53 Å². The molecule has 1 aliphatic heterocycles. The van der Waals surface area contributed by atoms with Crippen molar-refractivity contribution in [2.24, 2.45) is 5.92 Å². The van der Waals surface area contributed by atoms with E-state index in [-0.39, 0.29) is 5.60 Å². The van der Waals surface area contributed by atoms with Crippen molar-refractivity contribution in [2.45, 2.75) is 63.4 Å². The fourth-order valence-electron chi connectivity index (χ4n) is 3.27. The number of carboxylic acid groups (broad SMARTS) is 1. The van der Waals surface area contributed by atoms with E-state index in [1.807, 2.05) is 0 Å². The molecular formula is C13H22O3. The van der Waals surface area contributed by atoms with Gasteiger partial charge in [-0.1, -0.05) is 25.7 Å². The van der Waals surface area contributed by atoms with Crippen molar-refractivity contribution < 1.29 is 14.6 Å². The lowest BCUT2D eigenvalue weighted by Gasteiger charge is -2.40. The van der Waals surface area contributed by atoms with Gasteiger partial charge in [-0.05, 0) is 31.6 Å². The van der Waals surface area contributed by atoms with E-state index in [0.717, 1.165) is 32.3 Å². The molecule has 0 aromatic carbocycles. The van der Waals surface area contributed by atoms with Crippen LogP contribution >= 0.6 is 0 Å². The highest BCUT2D eigenvalue weighted by atomic mass is 16.5. The van der Waals surface area contributed by atoms with Crippen molar-refractivity contribution >= 4 is 5.97 Å². The lowest BCUT2D eigenvalue weighted by molar-refractivity contribution is -0.142. The van der Waals surface area contributed by atoms with E-state index in [1.165, 1.54) is 25.7 Å². The Bertz CT molecular complexity index is 242. The van der Waals surface area contributed by atoms with Gasteiger partial charge in [-0.25, -0.2) is 0 Å². The van der Waals surface area contributed by atoms with Crippen molar-refractivity contribution in [1.29, 1.82) is 0 Å². The summed E-state index contributed by atoms with van der Waals surface area (Å²) in [4.78, 5) is 10.8. The molecule has 1 unspecified atom stereocenters. The molecule has 2 aliphatic rings. The highest BCUT2D eigenvalue weighted by molar-refractivity contribution is 5.67. The van der Waals surface area contributed by atoms with Crippen molar-refractivity contribution in [3.8, 4) is 0 Å². The molecule has 2 rings (SSSR count). The molecule has 16 heavy (non-hydrogen) atoms. The van der Waals surface area contributed by atoms with E-state index < -0.39 is 5.97 Å². The molecule has 1 aliphatic carbocycles. The first-order chi connectivity index (χ1) is 7.70.